The van der Waals surface area contributed by atoms with Crippen LogP contribution in [-0.4, -0.2) is 20.1 Å². The Labute approximate surface area is 83.8 Å². The van der Waals surface area contributed by atoms with Crippen LogP contribution in [0.5, 0.6) is 0 Å². The molecule has 0 aliphatic heterocycles. The van der Waals surface area contributed by atoms with Crippen LogP contribution < -0.4 is 11.1 Å². The molecule has 4 nitrogen and oxygen atoms in total. The number of hydrogen-bond donors (Lipinski definition) is 2. The topological polar surface area (TPSA) is 59.6 Å². The third-order valence-electron chi connectivity index (χ3n) is 1.75. The maximum atomic E-state index is 5.54. The van der Waals surface area contributed by atoms with Crippen LogP contribution in [0.3, 0.4) is 0 Å². The molecule has 0 aromatic heterocycles. The molecule has 0 saturated carbocycles. The molecule has 0 spiro atoms. The fourth-order valence-electron chi connectivity index (χ4n) is 1.11. The second-order valence-electron chi connectivity index (χ2n) is 2.87. The van der Waals surface area contributed by atoms with Crippen molar-refractivity contribution in [2.24, 2.45) is 10.7 Å². The van der Waals surface area contributed by atoms with Crippen molar-refractivity contribution >= 4 is 11.6 Å². The van der Waals surface area contributed by atoms with Crippen molar-refractivity contribution in [3.8, 4) is 0 Å². The normalized spacial score (nSPS) is 11.4. The number of guanidine groups is 1. The molecule has 0 fully saturated rings. The van der Waals surface area contributed by atoms with Gasteiger partial charge in [0.25, 0.3) is 0 Å². The first kappa shape index (κ1) is 10.5. The Bertz CT molecular complexity index is 323. The summed E-state index contributed by atoms with van der Waals surface area (Å²) in [4.78, 5) is 3.81. The van der Waals surface area contributed by atoms with Gasteiger partial charge in [0, 0.05) is 19.8 Å². The maximum absolute atomic E-state index is 5.54. The van der Waals surface area contributed by atoms with Gasteiger partial charge < -0.3 is 15.8 Å². The molecule has 0 aliphatic carbocycles. The van der Waals surface area contributed by atoms with Gasteiger partial charge in [-0.2, -0.15) is 0 Å². The highest BCUT2D eigenvalue weighted by Gasteiger charge is 1.96. The largest absolute Gasteiger partial charge is 0.380 e. The predicted molar refractivity (Wildman–Crippen MR) is 58.3 cm³/mol. The van der Waals surface area contributed by atoms with Gasteiger partial charge in [0.15, 0.2) is 5.96 Å². The first-order valence-electron chi connectivity index (χ1n) is 4.33. The van der Waals surface area contributed by atoms with Crippen LogP contribution >= 0.6 is 0 Å². The van der Waals surface area contributed by atoms with E-state index in [0.717, 1.165) is 11.3 Å². The molecule has 4 heteroatoms. The van der Waals surface area contributed by atoms with Crippen molar-refractivity contribution in [3.63, 3.8) is 0 Å². The highest BCUT2D eigenvalue weighted by atomic mass is 16.5. The first-order valence-corrected chi connectivity index (χ1v) is 4.33. The average Bonchev–Trinajstić information content (AvgIpc) is 2.19. The highest BCUT2D eigenvalue weighted by molar-refractivity contribution is 5.92. The third-order valence-corrected chi connectivity index (χ3v) is 1.75. The Balaban J connectivity index is 2.73. The van der Waals surface area contributed by atoms with Gasteiger partial charge in [-0.25, -0.2) is 0 Å². The summed E-state index contributed by atoms with van der Waals surface area (Å²) in [5.74, 6) is 0.402. The van der Waals surface area contributed by atoms with Crippen molar-refractivity contribution in [1.82, 2.24) is 0 Å². The third kappa shape index (κ3) is 3.06. The summed E-state index contributed by atoms with van der Waals surface area (Å²) >= 11 is 0. The molecule has 76 valence electrons. The summed E-state index contributed by atoms with van der Waals surface area (Å²) in [5, 5.41) is 2.96. The quantitative estimate of drug-likeness (QED) is 0.560. The summed E-state index contributed by atoms with van der Waals surface area (Å²) in [6.45, 7) is 0.596. The predicted octanol–water partition coefficient (Wildman–Crippen LogP) is 1.19. The molecule has 0 radical (unpaired) electrons. The smallest absolute Gasteiger partial charge is 0.192 e. The minimum atomic E-state index is 0.402. The van der Waals surface area contributed by atoms with E-state index < -0.39 is 0 Å². The van der Waals surface area contributed by atoms with Gasteiger partial charge in [0.2, 0.25) is 0 Å². The zero-order valence-corrected chi connectivity index (χ0v) is 8.45. The van der Waals surface area contributed by atoms with Crippen molar-refractivity contribution in [1.29, 1.82) is 0 Å². The summed E-state index contributed by atoms with van der Waals surface area (Å²) in [6, 6.07) is 7.84. The lowest BCUT2D eigenvalue weighted by Crippen LogP contribution is -2.21. The minimum Gasteiger partial charge on any atom is -0.380 e. The molecular weight excluding hydrogens is 178 g/mol. The van der Waals surface area contributed by atoms with E-state index in [1.807, 2.05) is 24.3 Å². The molecule has 0 aliphatic rings. The van der Waals surface area contributed by atoms with E-state index in [4.69, 9.17) is 10.5 Å². The number of benzene rings is 1. The zero-order chi connectivity index (χ0) is 10.4. The number of rotatable bonds is 3. The second kappa shape index (κ2) is 5.24. The van der Waals surface area contributed by atoms with E-state index in [0.29, 0.717) is 12.6 Å². The van der Waals surface area contributed by atoms with Gasteiger partial charge in [0.1, 0.15) is 0 Å². The second-order valence-corrected chi connectivity index (χ2v) is 2.87. The number of anilines is 1. The summed E-state index contributed by atoms with van der Waals surface area (Å²) < 4.78 is 5.02. The van der Waals surface area contributed by atoms with Crippen LogP contribution in [0.15, 0.2) is 29.3 Å². The standard InChI is InChI=1S/C10H15N3O/c1-12-10(11)13-9-5-3-4-8(6-9)7-14-2/h3-6H,7H2,1-2H3,(H3,11,12,13). The van der Waals surface area contributed by atoms with Gasteiger partial charge in [-0.15, -0.1) is 0 Å². The van der Waals surface area contributed by atoms with Gasteiger partial charge in [-0.05, 0) is 17.7 Å². The molecule has 1 rings (SSSR count). The van der Waals surface area contributed by atoms with E-state index >= 15 is 0 Å². The van der Waals surface area contributed by atoms with E-state index in [1.54, 1.807) is 14.2 Å². The Kier molecular flexibility index (Phi) is 3.94. The molecule has 1 aromatic carbocycles. The number of nitrogens with one attached hydrogen (secondary N) is 1. The van der Waals surface area contributed by atoms with Crippen LogP contribution in [0.4, 0.5) is 5.69 Å². The van der Waals surface area contributed by atoms with Crippen LogP contribution in [0.2, 0.25) is 0 Å². The Morgan fingerprint density at radius 3 is 3.00 bits per heavy atom. The minimum absolute atomic E-state index is 0.402. The van der Waals surface area contributed by atoms with E-state index in [2.05, 4.69) is 10.3 Å². The molecule has 0 amide bonds. The summed E-state index contributed by atoms with van der Waals surface area (Å²) in [6.07, 6.45) is 0. The molecule has 0 saturated heterocycles. The molecule has 1 aromatic rings. The molecule has 3 N–H and O–H groups in total. The fraction of sp³-hybridized carbons (Fsp3) is 0.300. The van der Waals surface area contributed by atoms with Gasteiger partial charge in [0.05, 0.1) is 6.61 Å². The molecule has 0 unspecified atom stereocenters. The molecular formula is C10H15N3O. The lowest BCUT2D eigenvalue weighted by atomic mass is 10.2. The van der Waals surface area contributed by atoms with Crippen LogP contribution in [0.25, 0.3) is 0 Å². The maximum Gasteiger partial charge on any atom is 0.192 e. The van der Waals surface area contributed by atoms with Crippen molar-refractivity contribution in [2.75, 3.05) is 19.5 Å². The number of aliphatic imine (C=N–C) groups is 1. The number of nitrogens with zero attached hydrogens (tertiary/aromatic N) is 1. The van der Waals surface area contributed by atoms with Crippen LogP contribution in [0.1, 0.15) is 5.56 Å². The van der Waals surface area contributed by atoms with Crippen molar-refractivity contribution < 1.29 is 4.74 Å². The van der Waals surface area contributed by atoms with Gasteiger partial charge >= 0.3 is 0 Å². The Morgan fingerprint density at radius 1 is 1.57 bits per heavy atom. The van der Waals surface area contributed by atoms with Crippen LogP contribution in [0, 0.1) is 0 Å². The van der Waals surface area contributed by atoms with Gasteiger partial charge in [-0.3, -0.25) is 4.99 Å². The number of nitrogens with two attached hydrogens (primary N) is 1. The number of ether oxygens (including phenoxy) is 1. The average molecular weight is 193 g/mol. The Hall–Kier alpha value is -1.55. The number of methoxy groups -OCH3 is 1. The molecule has 0 atom stereocenters. The lowest BCUT2D eigenvalue weighted by Gasteiger charge is -2.06. The van der Waals surface area contributed by atoms with E-state index in [9.17, 15) is 0 Å². The Morgan fingerprint density at radius 2 is 2.36 bits per heavy atom. The molecule has 0 bridgehead atoms. The monoisotopic (exact) mass is 193 g/mol. The first-order chi connectivity index (χ1) is 6.76. The SMILES string of the molecule is CN=C(N)Nc1cccc(COC)c1. The summed E-state index contributed by atoms with van der Waals surface area (Å²) in [5.41, 5.74) is 7.55. The highest BCUT2D eigenvalue weighted by Crippen LogP contribution is 2.10. The number of hydrogen-bond acceptors (Lipinski definition) is 2. The van der Waals surface area contributed by atoms with Crippen LogP contribution in [-0.2, 0) is 11.3 Å². The van der Waals surface area contributed by atoms with Gasteiger partial charge in [-0.1, -0.05) is 12.1 Å². The van der Waals surface area contributed by atoms with Crippen molar-refractivity contribution in [3.05, 3.63) is 29.8 Å². The molecule has 0 heterocycles. The summed E-state index contributed by atoms with van der Waals surface area (Å²) in [7, 11) is 3.31. The zero-order valence-electron chi connectivity index (χ0n) is 8.45. The molecule has 14 heavy (non-hydrogen) atoms. The van der Waals surface area contributed by atoms with E-state index in [-0.39, 0.29) is 0 Å². The van der Waals surface area contributed by atoms with E-state index in [1.165, 1.54) is 0 Å². The lowest BCUT2D eigenvalue weighted by molar-refractivity contribution is 0.185. The van der Waals surface area contributed by atoms with Crippen molar-refractivity contribution in [2.45, 2.75) is 6.61 Å². The fourth-order valence-corrected chi connectivity index (χ4v) is 1.11.